The van der Waals surface area contributed by atoms with Gasteiger partial charge in [-0.1, -0.05) is 31.2 Å². The van der Waals surface area contributed by atoms with Crippen molar-refractivity contribution in [1.29, 1.82) is 0 Å². The van der Waals surface area contributed by atoms with Gasteiger partial charge in [0.2, 0.25) is 0 Å². The zero-order valence-electron chi connectivity index (χ0n) is 8.49. The lowest BCUT2D eigenvalue weighted by Crippen LogP contribution is -2.23. The summed E-state index contributed by atoms with van der Waals surface area (Å²) in [5, 5.41) is 9.25. The van der Waals surface area contributed by atoms with Gasteiger partial charge in [-0.2, -0.15) is 0 Å². The number of benzene rings is 1. The maximum absolute atomic E-state index is 9.25. The molecule has 1 aromatic carbocycles. The van der Waals surface area contributed by atoms with Crippen LogP contribution in [0, 0.1) is 0 Å². The second-order valence-electron chi connectivity index (χ2n) is 4.18. The topological polar surface area (TPSA) is 29.5 Å². The Labute approximate surface area is 84.5 Å². The Morgan fingerprint density at radius 3 is 2.86 bits per heavy atom. The van der Waals surface area contributed by atoms with Gasteiger partial charge in [-0.3, -0.25) is 0 Å². The van der Waals surface area contributed by atoms with E-state index in [1.54, 1.807) is 0 Å². The number of ether oxygens (including phenoxy) is 1. The van der Waals surface area contributed by atoms with Gasteiger partial charge in [0, 0.05) is 12.0 Å². The maximum atomic E-state index is 9.25. The Morgan fingerprint density at radius 1 is 1.43 bits per heavy atom. The van der Waals surface area contributed by atoms with Gasteiger partial charge in [-0.25, -0.2) is 0 Å². The van der Waals surface area contributed by atoms with Crippen molar-refractivity contribution in [3.63, 3.8) is 0 Å². The lowest BCUT2D eigenvalue weighted by atomic mass is 9.79. The van der Waals surface area contributed by atoms with Crippen molar-refractivity contribution < 1.29 is 9.84 Å². The highest BCUT2D eigenvalue weighted by Gasteiger charge is 2.32. The van der Waals surface area contributed by atoms with Crippen molar-refractivity contribution in [3.05, 3.63) is 35.4 Å². The van der Waals surface area contributed by atoms with E-state index in [0.717, 1.165) is 25.2 Å². The van der Waals surface area contributed by atoms with Gasteiger partial charge in [0.1, 0.15) is 0 Å². The van der Waals surface area contributed by atoms with E-state index in [0.29, 0.717) is 0 Å². The molecule has 1 fully saturated rings. The molecule has 0 aliphatic carbocycles. The van der Waals surface area contributed by atoms with Gasteiger partial charge in [-0.15, -0.1) is 0 Å². The van der Waals surface area contributed by atoms with Crippen LogP contribution in [0.25, 0.3) is 0 Å². The van der Waals surface area contributed by atoms with Crippen LogP contribution in [0.2, 0.25) is 0 Å². The summed E-state index contributed by atoms with van der Waals surface area (Å²) >= 11 is 0. The van der Waals surface area contributed by atoms with Crippen LogP contribution in [0.5, 0.6) is 0 Å². The summed E-state index contributed by atoms with van der Waals surface area (Å²) in [6.45, 7) is 3.92. The largest absolute Gasteiger partial charge is 0.392 e. The molecule has 14 heavy (non-hydrogen) atoms. The van der Waals surface area contributed by atoms with Crippen LogP contribution >= 0.6 is 0 Å². The molecule has 2 heteroatoms. The van der Waals surface area contributed by atoms with Crippen LogP contribution in [0.3, 0.4) is 0 Å². The molecule has 1 aliphatic rings. The normalized spacial score (nSPS) is 26.7. The predicted octanol–water partition coefficient (Wildman–Crippen LogP) is 1.86. The van der Waals surface area contributed by atoms with Gasteiger partial charge in [0.25, 0.3) is 0 Å². The number of rotatable bonds is 2. The quantitative estimate of drug-likeness (QED) is 0.775. The fourth-order valence-corrected chi connectivity index (χ4v) is 2.13. The average molecular weight is 192 g/mol. The van der Waals surface area contributed by atoms with Gasteiger partial charge in [0.15, 0.2) is 0 Å². The summed E-state index contributed by atoms with van der Waals surface area (Å²) in [7, 11) is 0. The van der Waals surface area contributed by atoms with Crippen LogP contribution in [-0.2, 0) is 16.8 Å². The van der Waals surface area contributed by atoms with E-state index in [4.69, 9.17) is 4.74 Å². The molecule has 0 radical (unpaired) electrons. The van der Waals surface area contributed by atoms with Gasteiger partial charge < -0.3 is 9.84 Å². The van der Waals surface area contributed by atoms with E-state index in [1.807, 2.05) is 18.2 Å². The molecule has 1 N–H and O–H groups in total. The van der Waals surface area contributed by atoms with E-state index >= 15 is 0 Å². The molecule has 0 saturated carbocycles. The standard InChI is InChI=1S/C12H16O2/c1-12(6-7-14-9-12)11-5-3-2-4-10(11)8-13/h2-5,13H,6-9H2,1H3. The van der Waals surface area contributed by atoms with Crippen molar-refractivity contribution in [1.82, 2.24) is 0 Å². The van der Waals surface area contributed by atoms with E-state index in [1.165, 1.54) is 5.56 Å². The van der Waals surface area contributed by atoms with Crippen molar-refractivity contribution in [2.75, 3.05) is 13.2 Å². The molecule has 1 heterocycles. The molecule has 76 valence electrons. The summed E-state index contributed by atoms with van der Waals surface area (Å²) in [5.74, 6) is 0. The third kappa shape index (κ3) is 1.56. The van der Waals surface area contributed by atoms with E-state index in [2.05, 4.69) is 13.0 Å². The SMILES string of the molecule is CC1(c2ccccc2CO)CCOC1. The first kappa shape index (κ1) is 9.69. The number of hydrogen-bond acceptors (Lipinski definition) is 2. The predicted molar refractivity (Wildman–Crippen MR) is 55.2 cm³/mol. The van der Waals surface area contributed by atoms with Gasteiger partial charge in [0.05, 0.1) is 13.2 Å². The highest BCUT2D eigenvalue weighted by atomic mass is 16.5. The van der Waals surface area contributed by atoms with Crippen LogP contribution in [-0.4, -0.2) is 18.3 Å². The summed E-state index contributed by atoms with van der Waals surface area (Å²) in [5.41, 5.74) is 2.36. The van der Waals surface area contributed by atoms with Crippen molar-refractivity contribution in [3.8, 4) is 0 Å². The Morgan fingerprint density at radius 2 is 2.21 bits per heavy atom. The first-order valence-corrected chi connectivity index (χ1v) is 5.03. The van der Waals surface area contributed by atoms with E-state index in [-0.39, 0.29) is 12.0 Å². The highest BCUT2D eigenvalue weighted by Crippen LogP contribution is 2.34. The lowest BCUT2D eigenvalue weighted by molar-refractivity contribution is 0.180. The third-order valence-corrected chi connectivity index (χ3v) is 3.06. The fourth-order valence-electron chi connectivity index (χ4n) is 2.13. The van der Waals surface area contributed by atoms with E-state index in [9.17, 15) is 5.11 Å². The molecule has 2 rings (SSSR count). The molecular weight excluding hydrogens is 176 g/mol. The minimum absolute atomic E-state index is 0.0966. The summed E-state index contributed by atoms with van der Waals surface area (Å²) in [6.07, 6.45) is 1.05. The van der Waals surface area contributed by atoms with Crippen LogP contribution in [0.15, 0.2) is 24.3 Å². The Hall–Kier alpha value is -0.860. The van der Waals surface area contributed by atoms with Crippen molar-refractivity contribution >= 4 is 0 Å². The third-order valence-electron chi connectivity index (χ3n) is 3.06. The second kappa shape index (κ2) is 3.71. The first-order valence-electron chi connectivity index (χ1n) is 5.03. The number of aliphatic hydroxyl groups is 1. The van der Waals surface area contributed by atoms with Crippen molar-refractivity contribution in [2.24, 2.45) is 0 Å². The maximum Gasteiger partial charge on any atom is 0.0684 e. The molecule has 2 nitrogen and oxygen atoms in total. The van der Waals surface area contributed by atoms with Crippen LogP contribution < -0.4 is 0 Å². The number of hydrogen-bond donors (Lipinski definition) is 1. The summed E-state index contributed by atoms with van der Waals surface area (Å²) < 4.78 is 5.43. The Kier molecular flexibility index (Phi) is 2.57. The summed E-state index contributed by atoms with van der Waals surface area (Å²) in [4.78, 5) is 0. The minimum atomic E-state index is 0.0966. The first-order chi connectivity index (χ1) is 6.76. The molecule has 1 unspecified atom stereocenters. The zero-order valence-corrected chi connectivity index (χ0v) is 8.49. The monoisotopic (exact) mass is 192 g/mol. The molecule has 1 saturated heterocycles. The average Bonchev–Trinajstić information content (AvgIpc) is 2.66. The Bertz CT molecular complexity index is 314. The molecule has 1 aliphatic heterocycles. The second-order valence-corrected chi connectivity index (χ2v) is 4.18. The van der Waals surface area contributed by atoms with E-state index < -0.39 is 0 Å². The summed E-state index contributed by atoms with van der Waals surface area (Å²) in [6, 6.07) is 8.07. The zero-order chi connectivity index (χ0) is 10.0. The fraction of sp³-hybridized carbons (Fsp3) is 0.500. The Balaban J connectivity index is 2.39. The molecule has 0 spiro atoms. The molecule has 0 bridgehead atoms. The number of aliphatic hydroxyl groups excluding tert-OH is 1. The highest BCUT2D eigenvalue weighted by molar-refractivity contribution is 5.34. The molecular formula is C12H16O2. The van der Waals surface area contributed by atoms with Crippen LogP contribution in [0.4, 0.5) is 0 Å². The molecule has 0 amide bonds. The smallest absolute Gasteiger partial charge is 0.0684 e. The minimum Gasteiger partial charge on any atom is -0.392 e. The molecule has 0 aromatic heterocycles. The van der Waals surface area contributed by atoms with Crippen molar-refractivity contribution in [2.45, 2.75) is 25.4 Å². The van der Waals surface area contributed by atoms with Gasteiger partial charge in [-0.05, 0) is 17.5 Å². The molecule has 1 atom stereocenters. The van der Waals surface area contributed by atoms with Gasteiger partial charge >= 0.3 is 0 Å². The van der Waals surface area contributed by atoms with Crippen LogP contribution in [0.1, 0.15) is 24.5 Å². The molecule has 1 aromatic rings. The lowest BCUT2D eigenvalue weighted by Gasteiger charge is -2.24.